The molecule has 1 N–H and O–H groups in total. The van der Waals surface area contributed by atoms with Crippen molar-refractivity contribution < 1.29 is 22.8 Å². The number of aromatic nitrogens is 1. The Morgan fingerprint density at radius 1 is 0.738 bits per heavy atom. The van der Waals surface area contributed by atoms with Crippen LogP contribution in [0.1, 0.15) is 64.8 Å². The number of halogens is 3. The topological polar surface area (TPSA) is 59.1 Å². The quantitative estimate of drug-likeness (QED) is 0.141. The first-order valence-corrected chi connectivity index (χ1v) is 14.3. The molecule has 5 rings (SSSR count). The van der Waals surface area contributed by atoms with Crippen molar-refractivity contribution in [2.75, 3.05) is 6.54 Å². The number of pyridine rings is 1. The lowest BCUT2D eigenvalue weighted by atomic mass is 9.73. The second-order valence-electron chi connectivity index (χ2n) is 10.8. The van der Waals surface area contributed by atoms with Crippen LogP contribution in [-0.2, 0) is 23.1 Å². The lowest BCUT2D eigenvalue weighted by Crippen LogP contribution is -2.47. The molecule has 0 aliphatic heterocycles. The molecule has 1 aliphatic carbocycles. The van der Waals surface area contributed by atoms with Gasteiger partial charge >= 0.3 is 6.18 Å². The van der Waals surface area contributed by atoms with Crippen molar-refractivity contribution in [1.82, 2.24) is 10.3 Å². The molecule has 0 bridgehead atoms. The van der Waals surface area contributed by atoms with Crippen molar-refractivity contribution >= 4 is 11.7 Å². The summed E-state index contributed by atoms with van der Waals surface area (Å²) in [4.78, 5) is 30.5. The Morgan fingerprint density at radius 2 is 1.38 bits per heavy atom. The number of ketones is 1. The number of Topliss-reactive ketones (excluding diaryl/α,β-unsaturated/α-hetero) is 1. The van der Waals surface area contributed by atoms with E-state index < -0.39 is 24.0 Å². The Bertz CT molecular complexity index is 1490. The van der Waals surface area contributed by atoms with Crippen LogP contribution in [0.15, 0.2) is 97.2 Å². The number of carbonyl (C=O) groups is 2. The van der Waals surface area contributed by atoms with Gasteiger partial charge in [0, 0.05) is 23.9 Å². The molecule has 0 unspecified atom stereocenters. The highest BCUT2D eigenvalue weighted by Gasteiger charge is 2.49. The molecule has 0 saturated heterocycles. The number of unbranched alkanes of at least 4 members (excludes halogenated alkanes) is 1. The van der Waals surface area contributed by atoms with Gasteiger partial charge < -0.3 is 5.32 Å². The van der Waals surface area contributed by atoms with Gasteiger partial charge in [-0.1, -0.05) is 91.3 Å². The lowest BCUT2D eigenvalue weighted by Gasteiger charge is -2.31. The SMILES string of the molecule is O=C(CCCc1ccc(CCCCC2(C(=O)NCC(F)(F)F)c3ccccc3-c3ccccc32)cn1)c1ccccc1. The van der Waals surface area contributed by atoms with E-state index in [-0.39, 0.29) is 5.78 Å². The summed E-state index contributed by atoms with van der Waals surface area (Å²) in [6.45, 7) is -1.36. The van der Waals surface area contributed by atoms with E-state index in [0.29, 0.717) is 25.7 Å². The van der Waals surface area contributed by atoms with Gasteiger partial charge in [0.05, 0.1) is 0 Å². The van der Waals surface area contributed by atoms with Crippen molar-refractivity contribution in [1.29, 1.82) is 0 Å². The molecule has 1 amide bonds. The highest BCUT2D eigenvalue weighted by atomic mass is 19.4. The van der Waals surface area contributed by atoms with Crippen molar-refractivity contribution in [3.05, 3.63) is 125 Å². The summed E-state index contributed by atoms with van der Waals surface area (Å²) in [5.74, 6) is -0.487. The number of fused-ring (bicyclic) bond motifs is 3. The first-order chi connectivity index (χ1) is 20.3. The maximum absolute atomic E-state index is 13.6. The van der Waals surface area contributed by atoms with E-state index in [1.54, 1.807) is 0 Å². The van der Waals surface area contributed by atoms with Gasteiger partial charge in [-0.15, -0.1) is 0 Å². The first-order valence-electron chi connectivity index (χ1n) is 14.3. The number of hydrogen-bond acceptors (Lipinski definition) is 3. The van der Waals surface area contributed by atoms with Crippen LogP contribution in [0.5, 0.6) is 0 Å². The Kier molecular flexibility index (Phi) is 8.86. The van der Waals surface area contributed by atoms with Gasteiger partial charge in [0.25, 0.3) is 0 Å². The van der Waals surface area contributed by atoms with E-state index in [1.807, 2.05) is 97.2 Å². The molecule has 1 heterocycles. The van der Waals surface area contributed by atoms with Crippen LogP contribution < -0.4 is 5.32 Å². The van der Waals surface area contributed by atoms with Gasteiger partial charge in [0.1, 0.15) is 12.0 Å². The lowest BCUT2D eigenvalue weighted by molar-refractivity contribution is -0.141. The summed E-state index contributed by atoms with van der Waals surface area (Å²) >= 11 is 0. The standard InChI is InChI=1S/C35H33F3N2O2/c36-35(37,38)24-40-33(42)34(30-17-6-4-15-28(30)29-16-5-7-18-31(29)34)22-9-8-11-25-20-21-27(39-23-25)14-10-19-32(41)26-12-2-1-3-13-26/h1-7,12-13,15-18,20-21,23H,8-11,14,19,22,24H2,(H,40,42). The normalized spacial score (nSPS) is 13.3. The van der Waals surface area contributed by atoms with Crippen molar-refractivity contribution in [3.8, 4) is 11.1 Å². The van der Waals surface area contributed by atoms with Gasteiger partial charge in [-0.2, -0.15) is 13.2 Å². The maximum Gasteiger partial charge on any atom is 0.405 e. The Balaban J connectivity index is 1.21. The third-order valence-corrected chi connectivity index (χ3v) is 7.99. The van der Waals surface area contributed by atoms with Crippen molar-refractivity contribution in [2.24, 2.45) is 0 Å². The third-order valence-electron chi connectivity index (χ3n) is 7.99. The van der Waals surface area contributed by atoms with Gasteiger partial charge in [-0.25, -0.2) is 0 Å². The summed E-state index contributed by atoms with van der Waals surface area (Å²) in [5.41, 5.74) is 4.81. The molecule has 0 fully saturated rings. The fraction of sp³-hybridized carbons (Fsp3) is 0.286. The predicted molar refractivity (Wildman–Crippen MR) is 157 cm³/mol. The number of benzene rings is 3. The summed E-state index contributed by atoms with van der Waals surface area (Å²) in [6.07, 6.45) is 1.80. The predicted octanol–water partition coefficient (Wildman–Crippen LogP) is 7.65. The monoisotopic (exact) mass is 570 g/mol. The van der Waals surface area contributed by atoms with Crippen LogP contribution in [0.25, 0.3) is 11.1 Å². The van der Waals surface area contributed by atoms with Crippen LogP contribution in [0.4, 0.5) is 13.2 Å². The number of carbonyl (C=O) groups excluding carboxylic acids is 2. The molecule has 0 radical (unpaired) electrons. The Morgan fingerprint density at radius 3 is 2.00 bits per heavy atom. The minimum absolute atomic E-state index is 0.129. The summed E-state index contributed by atoms with van der Waals surface area (Å²) < 4.78 is 39.2. The maximum atomic E-state index is 13.6. The highest BCUT2D eigenvalue weighted by molar-refractivity contribution is 6.00. The molecule has 0 saturated carbocycles. The van der Waals surface area contributed by atoms with Crippen molar-refractivity contribution in [3.63, 3.8) is 0 Å². The van der Waals surface area contributed by atoms with E-state index in [2.05, 4.69) is 10.3 Å². The van der Waals surface area contributed by atoms with Crippen LogP contribution in [0.2, 0.25) is 0 Å². The van der Waals surface area contributed by atoms with Crippen molar-refractivity contribution in [2.45, 2.75) is 56.5 Å². The molecule has 7 heteroatoms. The number of nitrogens with one attached hydrogen (secondary N) is 1. The number of amides is 1. The number of aryl methyl sites for hydroxylation is 2. The zero-order chi connectivity index (χ0) is 29.6. The molecule has 3 aromatic carbocycles. The zero-order valence-electron chi connectivity index (χ0n) is 23.3. The van der Waals surface area contributed by atoms with E-state index >= 15 is 0 Å². The van der Waals surface area contributed by atoms with E-state index in [4.69, 9.17) is 0 Å². The summed E-state index contributed by atoms with van der Waals surface area (Å²) in [6, 6.07) is 28.3. The largest absolute Gasteiger partial charge is 0.405 e. The van der Waals surface area contributed by atoms with E-state index in [9.17, 15) is 22.8 Å². The third kappa shape index (κ3) is 6.46. The molecule has 1 aliphatic rings. The van der Waals surface area contributed by atoms with Gasteiger partial charge in [-0.05, 0) is 66.0 Å². The minimum atomic E-state index is -4.49. The molecule has 0 spiro atoms. The van der Waals surface area contributed by atoms with Gasteiger partial charge in [0.2, 0.25) is 5.91 Å². The molecule has 1 aromatic heterocycles. The zero-order valence-corrected chi connectivity index (χ0v) is 23.3. The average Bonchev–Trinajstić information content (AvgIpc) is 3.29. The number of alkyl halides is 3. The second kappa shape index (κ2) is 12.7. The fourth-order valence-corrected chi connectivity index (χ4v) is 5.95. The smallest absolute Gasteiger partial charge is 0.346 e. The molecule has 42 heavy (non-hydrogen) atoms. The molecular weight excluding hydrogens is 537 g/mol. The van der Waals surface area contributed by atoms with Crippen LogP contribution in [0, 0.1) is 0 Å². The van der Waals surface area contributed by atoms with E-state index in [1.165, 1.54) is 0 Å². The Labute approximate surface area is 244 Å². The van der Waals surface area contributed by atoms with Crippen LogP contribution in [0.3, 0.4) is 0 Å². The average molecular weight is 571 g/mol. The first kappa shape index (κ1) is 29.2. The minimum Gasteiger partial charge on any atom is -0.346 e. The number of hydrogen-bond donors (Lipinski definition) is 1. The van der Waals surface area contributed by atoms with Gasteiger partial charge in [0.15, 0.2) is 5.78 Å². The van der Waals surface area contributed by atoms with Crippen LogP contribution in [-0.4, -0.2) is 29.4 Å². The summed E-state index contributed by atoms with van der Waals surface area (Å²) in [5, 5.41) is 2.19. The summed E-state index contributed by atoms with van der Waals surface area (Å²) in [7, 11) is 0. The van der Waals surface area contributed by atoms with E-state index in [0.717, 1.165) is 58.3 Å². The second-order valence-corrected chi connectivity index (χ2v) is 10.8. The highest BCUT2D eigenvalue weighted by Crippen LogP contribution is 2.51. The molecule has 4 nitrogen and oxygen atoms in total. The molecular formula is C35H33F3N2O2. The fourth-order valence-electron chi connectivity index (χ4n) is 5.95. The number of nitrogens with zero attached hydrogens (tertiary/aromatic N) is 1. The molecule has 0 atom stereocenters. The van der Waals surface area contributed by atoms with Crippen LogP contribution >= 0.6 is 0 Å². The molecule has 216 valence electrons. The molecule has 4 aromatic rings. The van der Waals surface area contributed by atoms with Gasteiger partial charge in [-0.3, -0.25) is 14.6 Å². The number of rotatable bonds is 12. The Hall–Kier alpha value is -4.26.